The van der Waals surface area contributed by atoms with E-state index in [0.29, 0.717) is 0 Å². The molecule has 0 heterocycles. The van der Waals surface area contributed by atoms with Crippen molar-refractivity contribution in [2.75, 3.05) is 19.6 Å². The molecule has 4 nitrogen and oxygen atoms in total. The van der Waals surface area contributed by atoms with Gasteiger partial charge in [-0.25, -0.2) is 9.18 Å². The molecular weight excluding hydrogens is 227 g/mol. The summed E-state index contributed by atoms with van der Waals surface area (Å²) in [5.74, 6) is -1.97. The molecule has 0 aliphatic rings. The van der Waals surface area contributed by atoms with Gasteiger partial charge in [0.25, 0.3) is 6.17 Å². The van der Waals surface area contributed by atoms with E-state index in [-0.39, 0.29) is 18.9 Å². The lowest BCUT2D eigenvalue weighted by atomic mass is 10.1. The molecule has 0 saturated carbocycles. The van der Waals surface area contributed by atoms with Crippen LogP contribution < -0.4 is 0 Å². The summed E-state index contributed by atoms with van der Waals surface area (Å²) >= 11 is 5.44. The van der Waals surface area contributed by atoms with Crippen molar-refractivity contribution in [3.8, 4) is 0 Å². The van der Waals surface area contributed by atoms with Crippen LogP contribution in [0.4, 0.5) is 4.39 Å². The van der Waals surface area contributed by atoms with Gasteiger partial charge in [0, 0.05) is 19.4 Å². The highest BCUT2D eigenvalue weighted by atomic mass is 35.5. The van der Waals surface area contributed by atoms with E-state index in [4.69, 9.17) is 16.3 Å². The van der Waals surface area contributed by atoms with Crippen molar-refractivity contribution < 1.29 is 23.5 Å². The van der Waals surface area contributed by atoms with Crippen molar-refractivity contribution >= 4 is 23.4 Å². The molecule has 15 heavy (non-hydrogen) atoms. The summed E-state index contributed by atoms with van der Waals surface area (Å²) in [6.07, 6.45) is -3.06. The Hall–Kier alpha value is -0.680. The maximum atomic E-state index is 13.1. The second-order valence-corrected chi connectivity index (χ2v) is 3.11. The van der Waals surface area contributed by atoms with Gasteiger partial charge in [-0.15, -0.1) is 11.6 Å². The molecule has 0 fully saturated rings. The van der Waals surface area contributed by atoms with Gasteiger partial charge in [0.15, 0.2) is 5.78 Å². The van der Waals surface area contributed by atoms with E-state index in [1.54, 1.807) is 0 Å². The first-order chi connectivity index (χ1) is 7.06. The fourth-order valence-electron chi connectivity index (χ4n) is 0.876. The Morgan fingerprint density at radius 1 is 1.47 bits per heavy atom. The van der Waals surface area contributed by atoms with Crippen molar-refractivity contribution in [2.45, 2.75) is 25.6 Å². The van der Waals surface area contributed by atoms with E-state index < -0.39 is 24.0 Å². The largest absolute Gasteiger partial charge is 0.463 e. The number of esters is 1. The maximum Gasteiger partial charge on any atom is 0.348 e. The number of ketones is 1. The second-order valence-electron chi connectivity index (χ2n) is 2.80. The molecule has 2 unspecified atom stereocenters. The van der Waals surface area contributed by atoms with Gasteiger partial charge in [-0.1, -0.05) is 0 Å². The SMILES string of the molecule is CCOC(=O)C(F)C(=O)CC(CCl)OC. The van der Waals surface area contributed by atoms with Crippen LogP contribution in [0.25, 0.3) is 0 Å². The van der Waals surface area contributed by atoms with Crippen LogP contribution in [0.5, 0.6) is 0 Å². The number of hydrogen-bond donors (Lipinski definition) is 0. The van der Waals surface area contributed by atoms with Crippen molar-refractivity contribution in [3.05, 3.63) is 0 Å². The molecule has 0 aliphatic carbocycles. The minimum absolute atomic E-state index is 0.0374. The van der Waals surface area contributed by atoms with Gasteiger partial charge in [0.1, 0.15) is 0 Å². The Balaban J connectivity index is 4.14. The highest BCUT2D eigenvalue weighted by molar-refractivity contribution is 6.18. The minimum atomic E-state index is -2.24. The van der Waals surface area contributed by atoms with Crippen LogP contribution in [0, 0.1) is 0 Å². The number of hydrogen-bond acceptors (Lipinski definition) is 4. The second kappa shape index (κ2) is 7.59. The van der Waals surface area contributed by atoms with E-state index in [1.807, 2.05) is 0 Å². The smallest absolute Gasteiger partial charge is 0.348 e. The van der Waals surface area contributed by atoms with Crippen molar-refractivity contribution in [1.82, 2.24) is 0 Å². The highest BCUT2D eigenvalue weighted by Crippen LogP contribution is 2.07. The monoisotopic (exact) mass is 240 g/mol. The topological polar surface area (TPSA) is 52.6 Å². The molecule has 0 radical (unpaired) electrons. The quantitative estimate of drug-likeness (QED) is 0.380. The Bertz CT molecular complexity index is 218. The predicted octanol–water partition coefficient (Wildman–Crippen LogP) is 1.10. The van der Waals surface area contributed by atoms with Gasteiger partial charge in [-0.2, -0.15) is 0 Å². The summed E-state index contributed by atoms with van der Waals surface area (Å²) in [6, 6.07) is 0. The van der Waals surface area contributed by atoms with Crippen LogP contribution in [0.2, 0.25) is 0 Å². The Kier molecular flexibility index (Phi) is 7.25. The number of carbonyl (C=O) groups is 2. The molecule has 0 spiro atoms. The number of ether oxygens (including phenoxy) is 2. The van der Waals surface area contributed by atoms with E-state index in [2.05, 4.69) is 4.74 Å². The molecule has 88 valence electrons. The molecule has 0 rings (SSSR count). The molecule has 0 aromatic rings. The number of carbonyl (C=O) groups excluding carboxylic acids is 2. The highest BCUT2D eigenvalue weighted by Gasteiger charge is 2.29. The molecule has 0 bridgehead atoms. The zero-order chi connectivity index (χ0) is 11.8. The molecule has 0 aromatic carbocycles. The Labute approximate surface area is 92.7 Å². The van der Waals surface area contributed by atoms with Gasteiger partial charge in [-0.05, 0) is 6.92 Å². The third-order valence-corrected chi connectivity index (χ3v) is 2.05. The molecule has 0 amide bonds. The standard InChI is InChI=1S/C9H14ClFO4/c1-3-15-9(13)8(11)7(12)4-6(5-10)14-2/h6,8H,3-5H2,1-2H3. The summed E-state index contributed by atoms with van der Waals surface area (Å²) in [5.41, 5.74) is 0. The lowest BCUT2D eigenvalue weighted by Crippen LogP contribution is -2.31. The van der Waals surface area contributed by atoms with Gasteiger partial charge in [-0.3, -0.25) is 4.79 Å². The third-order valence-electron chi connectivity index (χ3n) is 1.71. The average Bonchev–Trinajstić information content (AvgIpc) is 2.24. The predicted molar refractivity (Wildman–Crippen MR) is 52.7 cm³/mol. The third kappa shape index (κ3) is 5.09. The Morgan fingerprint density at radius 2 is 2.07 bits per heavy atom. The van der Waals surface area contributed by atoms with Crippen LogP contribution in [-0.2, 0) is 19.1 Å². The molecule has 6 heteroatoms. The Morgan fingerprint density at radius 3 is 2.47 bits per heavy atom. The average molecular weight is 241 g/mol. The van der Waals surface area contributed by atoms with E-state index in [0.717, 1.165) is 0 Å². The van der Waals surface area contributed by atoms with Crippen molar-refractivity contribution in [2.24, 2.45) is 0 Å². The van der Waals surface area contributed by atoms with E-state index in [9.17, 15) is 14.0 Å². The first kappa shape index (κ1) is 14.3. The summed E-state index contributed by atoms with van der Waals surface area (Å²) < 4.78 is 22.2. The number of alkyl halides is 2. The summed E-state index contributed by atoms with van der Waals surface area (Å²) in [7, 11) is 1.36. The lowest BCUT2D eigenvalue weighted by Gasteiger charge is -2.12. The summed E-state index contributed by atoms with van der Waals surface area (Å²) in [4.78, 5) is 22.0. The molecule has 2 atom stereocenters. The zero-order valence-electron chi connectivity index (χ0n) is 8.66. The number of methoxy groups -OCH3 is 1. The summed E-state index contributed by atoms with van der Waals surface area (Å²) in [5, 5.41) is 0. The molecule has 0 N–H and O–H groups in total. The normalized spacial score (nSPS) is 14.4. The van der Waals surface area contributed by atoms with Crippen molar-refractivity contribution in [1.29, 1.82) is 0 Å². The first-order valence-electron chi connectivity index (χ1n) is 4.48. The maximum absolute atomic E-state index is 13.1. The molecular formula is C9H14ClFO4. The van der Waals surface area contributed by atoms with Crippen LogP contribution in [0.1, 0.15) is 13.3 Å². The van der Waals surface area contributed by atoms with Crippen molar-refractivity contribution in [3.63, 3.8) is 0 Å². The van der Waals surface area contributed by atoms with Crippen LogP contribution in [0.15, 0.2) is 0 Å². The molecule has 0 aromatic heterocycles. The number of halogens is 2. The van der Waals surface area contributed by atoms with Gasteiger partial charge in [0.2, 0.25) is 0 Å². The van der Waals surface area contributed by atoms with Crippen LogP contribution >= 0.6 is 11.6 Å². The van der Waals surface area contributed by atoms with E-state index >= 15 is 0 Å². The minimum Gasteiger partial charge on any atom is -0.463 e. The summed E-state index contributed by atoms with van der Waals surface area (Å²) in [6.45, 7) is 1.57. The zero-order valence-corrected chi connectivity index (χ0v) is 9.42. The van der Waals surface area contributed by atoms with Gasteiger partial charge >= 0.3 is 5.97 Å². The molecule has 0 saturated heterocycles. The molecule has 0 aliphatic heterocycles. The van der Waals surface area contributed by atoms with Crippen LogP contribution in [0.3, 0.4) is 0 Å². The van der Waals surface area contributed by atoms with Gasteiger partial charge in [0.05, 0.1) is 12.7 Å². The first-order valence-corrected chi connectivity index (χ1v) is 5.02. The van der Waals surface area contributed by atoms with E-state index in [1.165, 1.54) is 14.0 Å². The lowest BCUT2D eigenvalue weighted by molar-refractivity contribution is -0.153. The number of Topliss-reactive ketones (excluding diaryl/α,β-unsaturated/α-hetero) is 1. The van der Waals surface area contributed by atoms with Crippen LogP contribution in [-0.4, -0.2) is 43.6 Å². The fourth-order valence-corrected chi connectivity index (χ4v) is 1.11. The number of rotatable bonds is 7. The van der Waals surface area contributed by atoms with Gasteiger partial charge < -0.3 is 9.47 Å². The fraction of sp³-hybridized carbons (Fsp3) is 0.778.